The molecule has 0 N–H and O–H groups in total. The largest absolute Gasteiger partial charge is 0.893 e. The second kappa shape index (κ2) is 15.0. The van der Waals surface area contributed by atoms with Gasteiger partial charge in [-0.3, -0.25) is 0 Å². The third-order valence-electron chi connectivity index (χ3n) is 4.36. The monoisotopic (exact) mass is 1140 g/mol. The van der Waals surface area contributed by atoms with Crippen LogP contribution in [-0.4, -0.2) is 26.9 Å². The van der Waals surface area contributed by atoms with Crippen LogP contribution in [-0.2, 0) is 4.43 Å². The van der Waals surface area contributed by atoms with Crippen LogP contribution >= 0.6 is 167 Å². The van der Waals surface area contributed by atoms with Crippen molar-refractivity contribution in [3.8, 4) is 17.2 Å². The van der Waals surface area contributed by atoms with E-state index < -0.39 is 15.2 Å². The highest BCUT2D eigenvalue weighted by Crippen LogP contribution is 2.44. The molecule has 0 aromatic heterocycles. The molecule has 0 atom stereocenters. The Hall–Kier alpha value is 2.14. The quantitative estimate of drug-likeness (QED) is 0.115. The third-order valence-corrected chi connectivity index (χ3v) is 17.1. The van der Waals surface area contributed by atoms with E-state index in [1.807, 2.05) is 18.2 Å². The molecule has 0 spiro atoms. The van der Waals surface area contributed by atoms with Crippen LogP contribution in [0.4, 0.5) is 0 Å². The van der Waals surface area contributed by atoms with Gasteiger partial charge in [0.15, 0.2) is 0 Å². The second-order valence-corrected chi connectivity index (χ2v) is 16.7. The number of benzene rings is 3. The van der Waals surface area contributed by atoms with Gasteiger partial charge in [-0.05, 0) is 180 Å². The van der Waals surface area contributed by atoms with Crippen molar-refractivity contribution in [2.45, 2.75) is 6.10 Å². The molecule has 0 amide bonds. The molecule has 200 valence electrons. The maximum Gasteiger partial charge on any atom is 0.893 e. The van der Waals surface area contributed by atoms with Gasteiger partial charge in [0.25, 0.3) is 0 Å². The van der Waals surface area contributed by atoms with Crippen molar-refractivity contribution in [3.63, 3.8) is 0 Å². The van der Waals surface area contributed by atoms with E-state index in [0.29, 0.717) is 30.7 Å². The number of halogens is 11. The fourth-order valence-electron chi connectivity index (χ4n) is 2.61. The normalized spacial score (nSPS) is 11.7. The zero-order valence-electron chi connectivity index (χ0n) is 17.7. The number of alkyl halides is 2. The first-order chi connectivity index (χ1) is 17.4. The van der Waals surface area contributed by atoms with Crippen LogP contribution in [0.1, 0.15) is 0 Å². The molecule has 0 unspecified atom stereocenters. The fourth-order valence-corrected chi connectivity index (χ4v) is 9.94. The molecule has 0 saturated carbocycles. The smallest absolute Gasteiger partial charge is 0.460 e. The molecule has 3 aromatic carbocycles. The molecule has 0 fully saturated rings. The van der Waals surface area contributed by atoms with Crippen LogP contribution in [0.25, 0.3) is 0 Å². The molecule has 0 aliphatic carbocycles. The Balaban J connectivity index is 2.24. The minimum Gasteiger partial charge on any atom is -0.460 e. The summed E-state index contributed by atoms with van der Waals surface area (Å²) in [6.45, 7) is 0. The van der Waals surface area contributed by atoms with Crippen molar-refractivity contribution < 1.29 is 17.7 Å². The Labute approximate surface area is 300 Å². The van der Waals surface area contributed by atoms with Gasteiger partial charge in [-0.2, -0.15) is 0 Å². The molecule has 0 radical (unpaired) electrons. The first-order valence-corrected chi connectivity index (χ1v) is 19.5. The maximum atomic E-state index is 6.52. The summed E-state index contributed by atoms with van der Waals surface area (Å²) in [6, 6.07) is 10.7. The lowest BCUT2D eigenvalue weighted by molar-refractivity contribution is 0.0631. The fraction of sp³-hybridized carbons (Fsp3) is 0.143. The lowest BCUT2D eigenvalue weighted by atomic mass is 10.3. The maximum absolute atomic E-state index is 6.52. The summed E-state index contributed by atoms with van der Waals surface area (Å²) in [5, 5.41) is 0. The molecular formula is C21H11Br9Cl2O4Si. The highest BCUT2D eigenvalue weighted by Gasteiger charge is 2.57. The van der Waals surface area contributed by atoms with Crippen molar-refractivity contribution in [2.75, 3.05) is 11.8 Å². The van der Waals surface area contributed by atoms with Gasteiger partial charge in [-0.1, -0.05) is 0 Å². The summed E-state index contributed by atoms with van der Waals surface area (Å²) in [7, 11) is -4.21. The average molecular weight is 1150 g/mol. The van der Waals surface area contributed by atoms with Crippen LogP contribution in [0.2, 0.25) is 0 Å². The van der Waals surface area contributed by atoms with Crippen LogP contribution in [0.5, 0.6) is 17.2 Å². The van der Waals surface area contributed by atoms with Crippen LogP contribution in [0, 0.1) is 0 Å². The van der Waals surface area contributed by atoms with E-state index in [2.05, 4.69) is 143 Å². The Morgan fingerprint density at radius 2 is 0.811 bits per heavy atom. The molecule has 16 heteroatoms. The van der Waals surface area contributed by atoms with Gasteiger partial charge in [0.1, 0.15) is 17.2 Å². The minimum atomic E-state index is -4.21. The molecular weight excluding hydrogens is 1130 g/mol. The third kappa shape index (κ3) is 8.37. The highest BCUT2D eigenvalue weighted by molar-refractivity contribution is 9.15. The average Bonchev–Trinajstić information content (AvgIpc) is 2.88. The zero-order chi connectivity index (χ0) is 27.5. The molecule has 4 nitrogen and oxygen atoms in total. The van der Waals surface area contributed by atoms with Crippen LogP contribution in [0.3, 0.4) is 0 Å². The van der Waals surface area contributed by atoms with E-state index in [4.69, 9.17) is 40.9 Å². The topological polar surface area (TPSA) is 36.9 Å². The molecule has 0 heterocycles. The predicted molar refractivity (Wildman–Crippen MR) is 183 cm³/mol. The first-order valence-electron chi connectivity index (χ1n) is 9.70. The SMILES string of the molecule is ClCC(CCl)O[Si](Oc1ccc(Br)c(Br)c1Br)(Oc1ccc(Br)c(Br)c1Br)Oc1ccc(Br)c(Br)c1Br. The number of hydrogen-bond acceptors (Lipinski definition) is 4. The summed E-state index contributed by atoms with van der Waals surface area (Å²) in [5.74, 6) is 1.38. The van der Waals surface area contributed by atoms with Crippen LogP contribution < -0.4 is 13.3 Å². The van der Waals surface area contributed by atoms with Crippen molar-refractivity contribution in [3.05, 3.63) is 76.7 Å². The van der Waals surface area contributed by atoms with Gasteiger partial charge in [0, 0.05) is 38.6 Å². The molecule has 3 aromatic rings. The van der Waals surface area contributed by atoms with Crippen molar-refractivity contribution >= 4 is 176 Å². The van der Waals surface area contributed by atoms with Gasteiger partial charge in [-0.25, -0.2) is 0 Å². The number of hydrogen-bond donors (Lipinski definition) is 0. The van der Waals surface area contributed by atoms with E-state index in [-0.39, 0.29) is 11.8 Å². The van der Waals surface area contributed by atoms with Crippen LogP contribution in [0.15, 0.2) is 76.7 Å². The molecule has 0 aliphatic rings. The lowest BCUT2D eigenvalue weighted by Gasteiger charge is -2.32. The molecule has 0 bridgehead atoms. The van der Waals surface area contributed by atoms with E-state index in [1.54, 1.807) is 18.2 Å². The van der Waals surface area contributed by atoms with E-state index in [0.717, 1.165) is 26.8 Å². The summed E-state index contributed by atoms with van der Waals surface area (Å²) in [6.07, 6.45) is -0.650. The summed E-state index contributed by atoms with van der Waals surface area (Å²) in [5.41, 5.74) is 0. The Kier molecular flexibility index (Phi) is 13.7. The van der Waals surface area contributed by atoms with Gasteiger partial charge in [-0.15, -0.1) is 23.2 Å². The predicted octanol–water partition coefficient (Wildman–Crippen LogP) is 12.4. The van der Waals surface area contributed by atoms with Crippen molar-refractivity contribution in [1.82, 2.24) is 0 Å². The van der Waals surface area contributed by atoms with E-state index in [9.17, 15) is 0 Å². The zero-order valence-corrected chi connectivity index (χ0v) is 34.5. The Morgan fingerprint density at radius 3 is 1.08 bits per heavy atom. The lowest BCUT2D eigenvalue weighted by Crippen LogP contribution is -2.60. The van der Waals surface area contributed by atoms with Gasteiger partial charge >= 0.3 is 9.05 Å². The Bertz CT molecular complexity index is 1150. The summed E-state index contributed by atoms with van der Waals surface area (Å²) in [4.78, 5) is 0. The van der Waals surface area contributed by atoms with Gasteiger partial charge in [0.05, 0.1) is 19.5 Å². The van der Waals surface area contributed by atoms with Crippen molar-refractivity contribution in [2.24, 2.45) is 0 Å². The van der Waals surface area contributed by atoms with E-state index >= 15 is 0 Å². The molecule has 0 aliphatic heterocycles. The Morgan fingerprint density at radius 1 is 0.514 bits per heavy atom. The van der Waals surface area contributed by atoms with Gasteiger partial charge < -0.3 is 17.7 Å². The summed E-state index contributed by atoms with van der Waals surface area (Å²) >= 11 is 44.3. The highest BCUT2D eigenvalue weighted by atomic mass is 79.9. The molecule has 37 heavy (non-hydrogen) atoms. The first kappa shape index (κ1) is 33.6. The van der Waals surface area contributed by atoms with Gasteiger partial charge in [0.2, 0.25) is 0 Å². The second-order valence-electron chi connectivity index (χ2n) is 6.88. The van der Waals surface area contributed by atoms with Crippen molar-refractivity contribution in [1.29, 1.82) is 0 Å². The number of rotatable bonds is 10. The molecule has 3 rings (SSSR count). The summed E-state index contributed by atoms with van der Waals surface area (Å²) < 4.78 is 32.5. The standard InChI is InChI=1S/C21H11Br9Cl2O4Si/c22-10-1-4-13(19(28)16(10)25)34-37(33-9(7-31)8-32,35-14-5-2-11(23)17(26)20(14)29)36-15-6-3-12(24)18(27)21(15)30/h1-6,9H,7-8H2. The minimum absolute atomic E-state index is 0.0793. The molecule has 0 saturated heterocycles. The van der Waals surface area contributed by atoms with E-state index in [1.165, 1.54) is 0 Å².